The molecule has 2 amide bonds. The molecular weight excluding hydrogens is 380 g/mol. The van der Waals surface area contributed by atoms with Crippen molar-refractivity contribution in [2.24, 2.45) is 0 Å². The van der Waals surface area contributed by atoms with Gasteiger partial charge in [-0.2, -0.15) is 0 Å². The van der Waals surface area contributed by atoms with Crippen molar-refractivity contribution < 1.29 is 9.59 Å². The number of fused-ring (bicyclic) bond motifs is 1. The standard InChI is InChI=1S/C24H30N2O2S/c1-6-13-25(17(2)27)16-22(28)26-14-11-21-20(12-15-29-21)23(26)18-7-9-19(10-8-18)24(3,4)5/h6-10,12,15,23H,1,11,13-14,16H2,2-5H3. The molecule has 0 saturated heterocycles. The summed E-state index contributed by atoms with van der Waals surface area (Å²) in [5, 5.41) is 2.11. The summed E-state index contributed by atoms with van der Waals surface area (Å²) < 4.78 is 0. The van der Waals surface area contributed by atoms with Crippen LogP contribution in [-0.4, -0.2) is 41.2 Å². The van der Waals surface area contributed by atoms with Crippen LogP contribution in [0.5, 0.6) is 0 Å². The van der Waals surface area contributed by atoms with Crippen molar-refractivity contribution >= 4 is 23.2 Å². The lowest BCUT2D eigenvalue weighted by Gasteiger charge is -2.37. The topological polar surface area (TPSA) is 40.6 Å². The molecule has 29 heavy (non-hydrogen) atoms. The smallest absolute Gasteiger partial charge is 0.243 e. The van der Waals surface area contributed by atoms with Crippen LogP contribution >= 0.6 is 11.3 Å². The van der Waals surface area contributed by atoms with Crippen LogP contribution in [0, 0.1) is 0 Å². The molecule has 1 aliphatic rings. The van der Waals surface area contributed by atoms with E-state index in [1.807, 2.05) is 4.90 Å². The van der Waals surface area contributed by atoms with E-state index in [0.29, 0.717) is 13.1 Å². The van der Waals surface area contributed by atoms with Gasteiger partial charge in [0.25, 0.3) is 0 Å². The first-order valence-electron chi connectivity index (χ1n) is 10.0. The summed E-state index contributed by atoms with van der Waals surface area (Å²) in [5.41, 5.74) is 3.68. The number of carbonyl (C=O) groups is 2. The minimum Gasteiger partial charge on any atom is -0.330 e. The van der Waals surface area contributed by atoms with Gasteiger partial charge < -0.3 is 9.80 Å². The summed E-state index contributed by atoms with van der Waals surface area (Å²) in [7, 11) is 0. The highest BCUT2D eigenvalue weighted by molar-refractivity contribution is 7.10. The van der Waals surface area contributed by atoms with Gasteiger partial charge in [0.1, 0.15) is 6.54 Å². The summed E-state index contributed by atoms with van der Waals surface area (Å²) in [6, 6.07) is 10.6. The summed E-state index contributed by atoms with van der Waals surface area (Å²) in [6.07, 6.45) is 2.52. The summed E-state index contributed by atoms with van der Waals surface area (Å²) in [6.45, 7) is 12.9. The zero-order valence-electron chi connectivity index (χ0n) is 17.8. The molecule has 0 saturated carbocycles. The highest BCUT2D eigenvalue weighted by Crippen LogP contribution is 2.38. The van der Waals surface area contributed by atoms with E-state index in [1.54, 1.807) is 17.4 Å². The third kappa shape index (κ3) is 4.61. The van der Waals surface area contributed by atoms with Crippen LogP contribution in [0.3, 0.4) is 0 Å². The van der Waals surface area contributed by atoms with Crippen molar-refractivity contribution in [2.45, 2.75) is 45.6 Å². The van der Waals surface area contributed by atoms with E-state index in [1.165, 1.54) is 27.8 Å². The average molecular weight is 411 g/mol. The zero-order valence-corrected chi connectivity index (χ0v) is 18.6. The molecule has 0 spiro atoms. The lowest BCUT2D eigenvalue weighted by atomic mass is 9.85. The normalized spacial score (nSPS) is 16.3. The quantitative estimate of drug-likeness (QED) is 0.678. The fourth-order valence-electron chi connectivity index (χ4n) is 3.82. The Hall–Kier alpha value is -2.40. The van der Waals surface area contributed by atoms with Gasteiger partial charge in [-0.15, -0.1) is 17.9 Å². The first kappa shape index (κ1) is 21.3. The van der Waals surface area contributed by atoms with E-state index in [2.05, 4.69) is 63.1 Å². The van der Waals surface area contributed by atoms with Gasteiger partial charge >= 0.3 is 0 Å². The Bertz CT molecular complexity index is 892. The second kappa shape index (κ2) is 8.54. The molecule has 1 aliphatic heterocycles. The number of nitrogens with zero attached hydrogens (tertiary/aromatic N) is 2. The van der Waals surface area contributed by atoms with Crippen molar-refractivity contribution in [2.75, 3.05) is 19.6 Å². The van der Waals surface area contributed by atoms with Gasteiger partial charge in [-0.25, -0.2) is 0 Å². The minimum atomic E-state index is -0.113. The predicted octanol–water partition coefficient (Wildman–Crippen LogP) is 4.55. The first-order chi connectivity index (χ1) is 13.7. The second-order valence-electron chi connectivity index (χ2n) is 8.60. The summed E-state index contributed by atoms with van der Waals surface area (Å²) in [5.74, 6) is -0.138. The van der Waals surface area contributed by atoms with Gasteiger partial charge in [-0.1, -0.05) is 51.1 Å². The number of rotatable bonds is 5. The molecule has 0 radical (unpaired) electrons. The Morgan fingerprint density at radius 3 is 2.52 bits per heavy atom. The van der Waals surface area contributed by atoms with Crippen LogP contribution in [-0.2, 0) is 21.4 Å². The Labute approximate surface area is 177 Å². The second-order valence-corrected chi connectivity index (χ2v) is 9.60. The van der Waals surface area contributed by atoms with Crippen LogP contribution < -0.4 is 0 Å². The van der Waals surface area contributed by atoms with Crippen LogP contribution in [0.25, 0.3) is 0 Å². The molecule has 0 aliphatic carbocycles. The highest BCUT2D eigenvalue weighted by atomic mass is 32.1. The van der Waals surface area contributed by atoms with Crippen molar-refractivity contribution in [1.82, 2.24) is 9.80 Å². The Morgan fingerprint density at radius 1 is 1.24 bits per heavy atom. The fraction of sp³-hybridized carbons (Fsp3) is 0.417. The summed E-state index contributed by atoms with van der Waals surface area (Å²) >= 11 is 1.76. The molecule has 1 atom stereocenters. The van der Waals surface area contributed by atoms with Gasteiger partial charge in [-0.3, -0.25) is 9.59 Å². The Kier molecular flexibility index (Phi) is 6.27. The molecule has 5 heteroatoms. The van der Waals surface area contributed by atoms with Crippen LogP contribution in [0.4, 0.5) is 0 Å². The number of amides is 2. The SMILES string of the molecule is C=CCN(CC(=O)N1CCc2sccc2C1c1ccc(C(C)(C)C)cc1)C(C)=O. The molecule has 0 bridgehead atoms. The van der Waals surface area contributed by atoms with Crippen LogP contribution in [0.2, 0.25) is 0 Å². The van der Waals surface area contributed by atoms with Crippen LogP contribution in [0.1, 0.15) is 55.3 Å². The predicted molar refractivity (Wildman–Crippen MR) is 119 cm³/mol. The maximum atomic E-state index is 13.2. The molecular formula is C24H30N2O2S. The van der Waals surface area contributed by atoms with Gasteiger partial charge in [0, 0.05) is 24.9 Å². The van der Waals surface area contributed by atoms with Gasteiger partial charge in [0.15, 0.2) is 0 Å². The molecule has 1 aromatic carbocycles. The summed E-state index contributed by atoms with van der Waals surface area (Å²) in [4.78, 5) is 29.9. The molecule has 1 aromatic heterocycles. The van der Waals surface area contributed by atoms with E-state index < -0.39 is 0 Å². The van der Waals surface area contributed by atoms with E-state index in [0.717, 1.165) is 12.0 Å². The average Bonchev–Trinajstić information content (AvgIpc) is 3.15. The largest absolute Gasteiger partial charge is 0.330 e. The zero-order chi connectivity index (χ0) is 21.2. The van der Waals surface area contributed by atoms with Gasteiger partial charge in [-0.05, 0) is 40.0 Å². The molecule has 154 valence electrons. The Balaban J connectivity index is 1.93. The molecule has 2 aromatic rings. The highest BCUT2D eigenvalue weighted by Gasteiger charge is 2.33. The third-order valence-electron chi connectivity index (χ3n) is 5.50. The van der Waals surface area contributed by atoms with Crippen molar-refractivity contribution in [3.8, 4) is 0 Å². The van der Waals surface area contributed by atoms with Crippen molar-refractivity contribution in [3.05, 3.63) is 69.9 Å². The maximum Gasteiger partial charge on any atom is 0.243 e. The minimum absolute atomic E-state index is 0.0243. The molecule has 3 rings (SSSR count). The van der Waals surface area contributed by atoms with Gasteiger partial charge in [0.05, 0.1) is 6.04 Å². The lowest BCUT2D eigenvalue weighted by Crippen LogP contribution is -2.46. The number of hydrogen-bond acceptors (Lipinski definition) is 3. The lowest BCUT2D eigenvalue weighted by molar-refractivity contribution is -0.140. The first-order valence-corrected chi connectivity index (χ1v) is 10.9. The number of thiophene rings is 1. The van der Waals surface area contributed by atoms with E-state index in [-0.39, 0.29) is 29.8 Å². The van der Waals surface area contributed by atoms with E-state index in [9.17, 15) is 9.59 Å². The maximum absolute atomic E-state index is 13.2. The van der Waals surface area contributed by atoms with Crippen molar-refractivity contribution in [3.63, 3.8) is 0 Å². The fourth-order valence-corrected chi connectivity index (χ4v) is 4.73. The number of carbonyl (C=O) groups excluding carboxylic acids is 2. The molecule has 2 heterocycles. The monoisotopic (exact) mass is 410 g/mol. The van der Waals surface area contributed by atoms with Gasteiger partial charge in [0.2, 0.25) is 11.8 Å². The number of benzene rings is 1. The molecule has 0 fully saturated rings. The molecule has 4 nitrogen and oxygen atoms in total. The van der Waals surface area contributed by atoms with E-state index in [4.69, 9.17) is 0 Å². The molecule has 0 N–H and O–H groups in total. The van der Waals surface area contributed by atoms with Crippen LogP contribution in [0.15, 0.2) is 48.4 Å². The Morgan fingerprint density at radius 2 is 1.93 bits per heavy atom. The number of hydrogen-bond donors (Lipinski definition) is 0. The van der Waals surface area contributed by atoms with Crippen molar-refractivity contribution in [1.29, 1.82) is 0 Å². The van der Waals surface area contributed by atoms with E-state index >= 15 is 0 Å². The third-order valence-corrected chi connectivity index (χ3v) is 6.50. The molecule has 1 unspecified atom stereocenters.